The Morgan fingerprint density at radius 1 is 0.769 bits per heavy atom. The SMILES string of the molecule is COc1ccc(/C(=N/OS(=O)(=O)c2ccc(OS(=O)(=O)c3ccc(C)cc3)c3ccccc23)C(F)(F)F)cc1. The van der Waals surface area contributed by atoms with Crippen LogP contribution in [0.3, 0.4) is 0 Å². The van der Waals surface area contributed by atoms with Crippen LogP contribution in [0.25, 0.3) is 10.8 Å². The molecule has 0 saturated heterocycles. The summed E-state index contributed by atoms with van der Waals surface area (Å²) in [5.74, 6) is 0.0924. The molecule has 0 aliphatic rings. The van der Waals surface area contributed by atoms with Gasteiger partial charge >= 0.3 is 26.4 Å². The predicted molar refractivity (Wildman–Crippen MR) is 137 cm³/mol. The lowest BCUT2D eigenvalue weighted by molar-refractivity contribution is -0.0597. The van der Waals surface area contributed by atoms with E-state index in [1.807, 2.05) is 0 Å². The normalized spacial score (nSPS) is 12.8. The molecule has 0 amide bonds. The van der Waals surface area contributed by atoms with Gasteiger partial charge in [-0.1, -0.05) is 47.1 Å². The van der Waals surface area contributed by atoms with Crippen molar-refractivity contribution in [3.63, 3.8) is 0 Å². The van der Waals surface area contributed by atoms with Gasteiger partial charge in [-0.15, -0.1) is 0 Å². The van der Waals surface area contributed by atoms with Gasteiger partial charge in [0.15, 0.2) is 11.5 Å². The molecular weight excluding hydrogens is 559 g/mol. The fourth-order valence-corrected chi connectivity index (χ4v) is 5.43. The van der Waals surface area contributed by atoms with Gasteiger partial charge < -0.3 is 8.92 Å². The van der Waals surface area contributed by atoms with Crippen molar-refractivity contribution >= 4 is 36.7 Å². The quantitative estimate of drug-likeness (QED) is 0.152. The Hall–Kier alpha value is -4.10. The summed E-state index contributed by atoms with van der Waals surface area (Å²) in [5, 5.41) is 2.95. The van der Waals surface area contributed by atoms with E-state index in [0.29, 0.717) is 0 Å². The second-order valence-electron chi connectivity index (χ2n) is 8.15. The number of methoxy groups -OCH3 is 1. The summed E-state index contributed by atoms with van der Waals surface area (Å²) in [7, 11) is -7.84. The molecule has 4 rings (SSSR count). The van der Waals surface area contributed by atoms with Crippen molar-refractivity contribution < 1.29 is 43.2 Å². The largest absolute Gasteiger partial charge is 0.497 e. The third-order valence-corrected chi connectivity index (χ3v) is 7.90. The van der Waals surface area contributed by atoms with Crippen molar-refractivity contribution in [2.45, 2.75) is 22.9 Å². The molecule has 0 unspecified atom stereocenters. The van der Waals surface area contributed by atoms with Crippen LogP contribution in [0.5, 0.6) is 11.5 Å². The lowest BCUT2D eigenvalue weighted by Gasteiger charge is -2.13. The summed E-state index contributed by atoms with van der Waals surface area (Å²) in [5.41, 5.74) is -1.20. The van der Waals surface area contributed by atoms with E-state index in [0.717, 1.165) is 29.8 Å². The number of nitrogens with zero attached hydrogens (tertiary/aromatic N) is 1. The number of alkyl halides is 3. The zero-order valence-corrected chi connectivity index (χ0v) is 22.0. The number of aryl methyl sites for hydroxylation is 1. The second-order valence-corrected chi connectivity index (χ2v) is 11.2. The fourth-order valence-electron chi connectivity index (χ4n) is 3.55. The van der Waals surface area contributed by atoms with Gasteiger partial charge in [0.05, 0.1) is 7.11 Å². The van der Waals surface area contributed by atoms with Crippen LogP contribution in [0.15, 0.2) is 99.9 Å². The van der Waals surface area contributed by atoms with E-state index in [9.17, 15) is 30.0 Å². The van der Waals surface area contributed by atoms with Gasteiger partial charge in [0.25, 0.3) is 0 Å². The zero-order valence-electron chi connectivity index (χ0n) is 20.3. The summed E-state index contributed by atoms with van der Waals surface area (Å²) < 4.78 is 107. The molecule has 0 aliphatic carbocycles. The highest BCUT2D eigenvalue weighted by Gasteiger charge is 2.38. The molecule has 0 radical (unpaired) electrons. The number of rotatable bonds is 8. The van der Waals surface area contributed by atoms with E-state index in [-0.39, 0.29) is 27.2 Å². The molecule has 0 spiro atoms. The minimum Gasteiger partial charge on any atom is -0.497 e. The van der Waals surface area contributed by atoms with Crippen LogP contribution < -0.4 is 8.92 Å². The highest BCUT2D eigenvalue weighted by molar-refractivity contribution is 7.87. The molecule has 0 bridgehead atoms. The number of halogens is 3. The van der Waals surface area contributed by atoms with Crippen molar-refractivity contribution in [2.75, 3.05) is 7.11 Å². The Kier molecular flexibility index (Phi) is 7.57. The molecule has 0 heterocycles. The summed E-state index contributed by atoms with van der Waals surface area (Å²) >= 11 is 0. The van der Waals surface area contributed by atoms with Gasteiger partial charge in [-0.25, -0.2) is 0 Å². The summed E-state index contributed by atoms with van der Waals surface area (Å²) in [6.07, 6.45) is -5.05. The molecule has 0 atom stereocenters. The maximum Gasteiger partial charge on any atom is 0.437 e. The summed E-state index contributed by atoms with van der Waals surface area (Å²) in [6, 6.07) is 18.2. The number of fused-ring (bicyclic) bond motifs is 1. The topological polar surface area (TPSA) is 108 Å². The highest BCUT2D eigenvalue weighted by atomic mass is 32.2. The third-order valence-electron chi connectivity index (χ3n) is 5.48. The van der Waals surface area contributed by atoms with Gasteiger partial charge in [-0.3, -0.25) is 4.28 Å². The zero-order chi connectivity index (χ0) is 28.4. The van der Waals surface area contributed by atoms with Crippen LogP contribution >= 0.6 is 0 Å². The number of oxime groups is 1. The van der Waals surface area contributed by atoms with Gasteiger partial charge in [0, 0.05) is 16.3 Å². The van der Waals surface area contributed by atoms with Gasteiger partial charge in [-0.05, 0) is 55.5 Å². The van der Waals surface area contributed by atoms with Crippen molar-refractivity contribution in [3.05, 3.63) is 96.1 Å². The second kappa shape index (κ2) is 10.6. The molecule has 13 heteroatoms. The molecule has 0 N–H and O–H groups in total. The first-order valence-corrected chi connectivity index (χ1v) is 13.9. The minimum absolute atomic E-state index is 0.0534. The van der Waals surface area contributed by atoms with Gasteiger partial charge in [0.1, 0.15) is 15.5 Å². The molecule has 4 aromatic rings. The van der Waals surface area contributed by atoms with E-state index in [1.54, 1.807) is 19.1 Å². The molecule has 8 nitrogen and oxygen atoms in total. The summed E-state index contributed by atoms with van der Waals surface area (Å²) in [6.45, 7) is 1.78. The van der Waals surface area contributed by atoms with Crippen LogP contribution in [-0.2, 0) is 24.5 Å². The van der Waals surface area contributed by atoms with Crippen molar-refractivity contribution in [2.24, 2.45) is 5.16 Å². The van der Waals surface area contributed by atoms with Crippen molar-refractivity contribution in [3.8, 4) is 11.5 Å². The molecule has 39 heavy (non-hydrogen) atoms. The average Bonchev–Trinajstić information content (AvgIpc) is 2.88. The number of hydrogen-bond acceptors (Lipinski definition) is 8. The van der Waals surface area contributed by atoms with E-state index in [2.05, 4.69) is 9.44 Å². The van der Waals surface area contributed by atoms with Crippen molar-refractivity contribution in [1.82, 2.24) is 0 Å². The third kappa shape index (κ3) is 6.15. The molecular formula is C26H20F3NO7S2. The molecule has 204 valence electrons. The van der Waals surface area contributed by atoms with Crippen LogP contribution in [0.2, 0.25) is 0 Å². The number of ether oxygens (including phenoxy) is 1. The lowest BCUT2D eigenvalue weighted by Crippen LogP contribution is -2.25. The Morgan fingerprint density at radius 3 is 1.97 bits per heavy atom. The standard InChI is InChI=1S/C26H20F3NO7S2/c1-17-7-13-20(14-8-17)38(31,32)36-23-15-16-24(22-6-4-3-5-21(22)23)39(33,34)37-30-25(26(27,28)29)18-9-11-19(35-2)12-10-18/h3-16H,1-2H3/b30-25-. The van der Waals surface area contributed by atoms with Crippen LogP contribution in [0.4, 0.5) is 13.2 Å². The Labute approximate surface area is 222 Å². The molecule has 0 fully saturated rings. The van der Waals surface area contributed by atoms with E-state index in [4.69, 9.17) is 8.92 Å². The maximum atomic E-state index is 13.7. The molecule has 4 aromatic carbocycles. The number of hydrogen-bond donors (Lipinski definition) is 0. The van der Waals surface area contributed by atoms with Crippen molar-refractivity contribution in [1.29, 1.82) is 0 Å². The number of benzene rings is 4. The Morgan fingerprint density at radius 2 is 1.38 bits per heavy atom. The smallest absolute Gasteiger partial charge is 0.437 e. The molecule has 0 saturated carbocycles. The first-order valence-electron chi connectivity index (χ1n) is 11.1. The van der Waals surface area contributed by atoms with Gasteiger partial charge in [0.2, 0.25) is 0 Å². The van der Waals surface area contributed by atoms with E-state index >= 15 is 0 Å². The van der Waals surface area contributed by atoms with E-state index in [1.165, 1.54) is 55.6 Å². The Bertz CT molecular complexity index is 1750. The lowest BCUT2D eigenvalue weighted by atomic mass is 10.1. The predicted octanol–water partition coefficient (Wildman–Crippen LogP) is 5.60. The fraction of sp³-hybridized carbons (Fsp3) is 0.115. The monoisotopic (exact) mass is 579 g/mol. The van der Waals surface area contributed by atoms with E-state index < -0.39 is 42.6 Å². The maximum absolute atomic E-state index is 13.7. The summed E-state index contributed by atoms with van der Waals surface area (Å²) in [4.78, 5) is -0.664. The molecule has 0 aliphatic heterocycles. The molecule has 0 aromatic heterocycles. The first-order chi connectivity index (χ1) is 18.3. The van der Waals surface area contributed by atoms with Crippen LogP contribution in [0.1, 0.15) is 11.1 Å². The average molecular weight is 580 g/mol. The van der Waals surface area contributed by atoms with Crippen LogP contribution in [-0.4, -0.2) is 35.8 Å². The van der Waals surface area contributed by atoms with Gasteiger partial charge in [-0.2, -0.15) is 30.0 Å². The highest BCUT2D eigenvalue weighted by Crippen LogP contribution is 2.34. The first kappa shape index (κ1) is 27.9. The minimum atomic E-state index is -5.05. The Balaban J connectivity index is 1.72. The van der Waals surface area contributed by atoms with Crippen LogP contribution in [0, 0.1) is 6.92 Å².